The number of rotatable bonds is 2. The Morgan fingerprint density at radius 3 is 2.64 bits per heavy atom. The van der Waals surface area contributed by atoms with Crippen molar-refractivity contribution >= 4 is 0 Å². The van der Waals surface area contributed by atoms with Crippen molar-refractivity contribution in [2.45, 2.75) is 58.2 Å². The van der Waals surface area contributed by atoms with Crippen LogP contribution in [0.1, 0.15) is 40.0 Å². The molecular formula is C10H19N. The Morgan fingerprint density at radius 2 is 2.18 bits per heavy atom. The van der Waals surface area contributed by atoms with Crippen molar-refractivity contribution in [3.05, 3.63) is 0 Å². The lowest BCUT2D eigenvalue weighted by atomic mass is 10.1. The molecule has 11 heavy (non-hydrogen) atoms. The average molecular weight is 153 g/mol. The summed E-state index contributed by atoms with van der Waals surface area (Å²) in [7, 11) is 0. The van der Waals surface area contributed by atoms with Crippen LogP contribution in [0.5, 0.6) is 0 Å². The lowest BCUT2D eigenvalue weighted by Crippen LogP contribution is -2.38. The van der Waals surface area contributed by atoms with Gasteiger partial charge in [0, 0.05) is 18.1 Å². The van der Waals surface area contributed by atoms with Gasteiger partial charge in [-0.1, -0.05) is 6.92 Å². The van der Waals surface area contributed by atoms with E-state index in [9.17, 15) is 0 Å². The van der Waals surface area contributed by atoms with Crippen LogP contribution in [0.25, 0.3) is 0 Å². The molecule has 1 saturated carbocycles. The first-order chi connectivity index (χ1) is 5.24. The standard InChI is InChI=1S/C10H19N/c1-4-7(2)11-8(3)5-9-6-10(9)11/h7-10H,4-6H2,1-3H3. The second kappa shape index (κ2) is 2.48. The summed E-state index contributed by atoms with van der Waals surface area (Å²) in [6.07, 6.45) is 4.28. The molecule has 1 saturated heterocycles. The third-order valence-corrected chi connectivity index (χ3v) is 3.52. The number of likely N-dealkylation sites (tertiary alicyclic amines) is 1. The molecule has 1 heterocycles. The van der Waals surface area contributed by atoms with Crippen LogP contribution in [0.15, 0.2) is 0 Å². The molecule has 2 fully saturated rings. The SMILES string of the molecule is CCC(C)N1C(C)CC2CC21. The fraction of sp³-hybridized carbons (Fsp3) is 1.00. The van der Waals surface area contributed by atoms with Crippen molar-refractivity contribution in [1.29, 1.82) is 0 Å². The van der Waals surface area contributed by atoms with Gasteiger partial charge in [-0.05, 0) is 39.0 Å². The van der Waals surface area contributed by atoms with E-state index < -0.39 is 0 Å². The lowest BCUT2D eigenvalue weighted by Gasteiger charge is -2.30. The van der Waals surface area contributed by atoms with Crippen molar-refractivity contribution in [3.8, 4) is 0 Å². The molecule has 1 aliphatic carbocycles. The quantitative estimate of drug-likeness (QED) is 0.588. The number of hydrogen-bond acceptors (Lipinski definition) is 1. The highest BCUT2D eigenvalue weighted by Gasteiger charge is 2.51. The second-order valence-electron chi connectivity index (χ2n) is 4.35. The lowest BCUT2D eigenvalue weighted by molar-refractivity contribution is 0.167. The predicted octanol–water partition coefficient (Wildman–Crippen LogP) is 2.27. The van der Waals surface area contributed by atoms with Crippen LogP contribution >= 0.6 is 0 Å². The largest absolute Gasteiger partial charge is 0.295 e. The summed E-state index contributed by atoms with van der Waals surface area (Å²) < 4.78 is 0. The van der Waals surface area contributed by atoms with Crippen molar-refractivity contribution < 1.29 is 0 Å². The summed E-state index contributed by atoms with van der Waals surface area (Å²) in [5.74, 6) is 1.08. The van der Waals surface area contributed by atoms with Gasteiger partial charge in [-0.25, -0.2) is 0 Å². The van der Waals surface area contributed by atoms with Crippen molar-refractivity contribution in [1.82, 2.24) is 4.90 Å². The Kier molecular flexibility index (Phi) is 1.71. The zero-order valence-corrected chi connectivity index (χ0v) is 7.88. The van der Waals surface area contributed by atoms with E-state index in [0.717, 1.165) is 24.0 Å². The van der Waals surface area contributed by atoms with E-state index in [1.165, 1.54) is 19.3 Å². The van der Waals surface area contributed by atoms with E-state index >= 15 is 0 Å². The summed E-state index contributed by atoms with van der Waals surface area (Å²) in [5, 5.41) is 0. The first-order valence-electron chi connectivity index (χ1n) is 5.01. The minimum atomic E-state index is 0.822. The zero-order valence-electron chi connectivity index (χ0n) is 7.88. The molecule has 0 amide bonds. The molecule has 0 spiro atoms. The van der Waals surface area contributed by atoms with Gasteiger partial charge in [-0.3, -0.25) is 4.90 Å². The summed E-state index contributed by atoms with van der Waals surface area (Å²) in [5.41, 5.74) is 0. The van der Waals surface area contributed by atoms with Gasteiger partial charge in [0.2, 0.25) is 0 Å². The van der Waals surface area contributed by atoms with Gasteiger partial charge in [0.25, 0.3) is 0 Å². The van der Waals surface area contributed by atoms with Crippen LogP contribution in [-0.2, 0) is 0 Å². The molecule has 2 aliphatic rings. The number of nitrogens with zero attached hydrogens (tertiary/aromatic N) is 1. The van der Waals surface area contributed by atoms with Gasteiger partial charge in [-0.15, -0.1) is 0 Å². The molecular weight excluding hydrogens is 134 g/mol. The Bertz CT molecular complexity index is 153. The van der Waals surface area contributed by atoms with Crippen LogP contribution in [0.2, 0.25) is 0 Å². The summed E-state index contributed by atoms with van der Waals surface area (Å²) in [6.45, 7) is 7.06. The van der Waals surface area contributed by atoms with Gasteiger partial charge in [-0.2, -0.15) is 0 Å². The van der Waals surface area contributed by atoms with Gasteiger partial charge in [0.05, 0.1) is 0 Å². The van der Waals surface area contributed by atoms with Crippen molar-refractivity contribution in [3.63, 3.8) is 0 Å². The molecule has 1 aliphatic heterocycles. The van der Waals surface area contributed by atoms with Gasteiger partial charge in [0.15, 0.2) is 0 Å². The number of piperidine rings is 1. The molecule has 4 atom stereocenters. The maximum Gasteiger partial charge on any atom is 0.0133 e. The highest BCUT2D eigenvalue weighted by Crippen LogP contribution is 2.48. The molecule has 0 N–H and O–H groups in total. The summed E-state index contributed by atoms with van der Waals surface area (Å²) in [4.78, 5) is 2.74. The molecule has 0 radical (unpaired) electrons. The number of fused-ring (bicyclic) bond motifs is 1. The van der Waals surface area contributed by atoms with E-state index in [2.05, 4.69) is 25.7 Å². The van der Waals surface area contributed by atoms with Crippen LogP contribution in [0, 0.1) is 5.92 Å². The van der Waals surface area contributed by atoms with Gasteiger partial charge >= 0.3 is 0 Å². The summed E-state index contributed by atoms with van der Waals surface area (Å²) >= 11 is 0. The highest BCUT2D eigenvalue weighted by atomic mass is 15.3. The zero-order chi connectivity index (χ0) is 8.01. The van der Waals surface area contributed by atoms with E-state index in [4.69, 9.17) is 0 Å². The molecule has 1 nitrogen and oxygen atoms in total. The van der Waals surface area contributed by atoms with Crippen LogP contribution in [0.3, 0.4) is 0 Å². The van der Waals surface area contributed by atoms with Crippen LogP contribution in [0.4, 0.5) is 0 Å². The average Bonchev–Trinajstić information content (AvgIpc) is 2.63. The van der Waals surface area contributed by atoms with Crippen LogP contribution < -0.4 is 0 Å². The number of hydrogen-bond donors (Lipinski definition) is 0. The Morgan fingerprint density at radius 1 is 1.45 bits per heavy atom. The van der Waals surface area contributed by atoms with E-state index in [1.807, 2.05) is 0 Å². The van der Waals surface area contributed by atoms with Crippen molar-refractivity contribution in [2.75, 3.05) is 0 Å². The molecule has 4 unspecified atom stereocenters. The molecule has 0 aromatic rings. The second-order valence-corrected chi connectivity index (χ2v) is 4.35. The normalized spacial score (nSPS) is 45.5. The summed E-state index contributed by atoms with van der Waals surface area (Å²) in [6, 6.07) is 2.68. The molecule has 64 valence electrons. The minimum absolute atomic E-state index is 0.822. The molecule has 2 rings (SSSR count). The first kappa shape index (κ1) is 7.60. The van der Waals surface area contributed by atoms with Crippen LogP contribution in [-0.4, -0.2) is 23.0 Å². The van der Waals surface area contributed by atoms with Gasteiger partial charge in [0.1, 0.15) is 0 Å². The minimum Gasteiger partial charge on any atom is -0.295 e. The smallest absolute Gasteiger partial charge is 0.0133 e. The molecule has 1 heteroatoms. The van der Waals surface area contributed by atoms with Gasteiger partial charge < -0.3 is 0 Å². The Balaban J connectivity index is 2.00. The monoisotopic (exact) mass is 153 g/mol. The van der Waals surface area contributed by atoms with E-state index in [1.54, 1.807) is 0 Å². The Labute approximate surface area is 69.8 Å². The highest BCUT2D eigenvalue weighted by molar-refractivity contribution is 5.05. The van der Waals surface area contributed by atoms with E-state index in [0.29, 0.717) is 0 Å². The van der Waals surface area contributed by atoms with E-state index in [-0.39, 0.29) is 0 Å². The maximum atomic E-state index is 2.74. The topological polar surface area (TPSA) is 3.24 Å². The maximum absolute atomic E-state index is 2.74. The molecule has 0 aromatic heterocycles. The third kappa shape index (κ3) is 1.10. The fourth-order valence-electron chi connectivity index (χ4n) is 2.71. The molecule has 0 bridgehead atoms. The fourth-order valence-corrected chi connectivity index (χ4v) is 2.71. The Hall–Kier alpha value is -0.0400. The molecule has 0 aromatic carbocycles. The predicted molar refractivity (Wildman–Crippen MR) is 47.6 cm³/mol. The first-order valence-corrected chi connectivity index (χ1v) is 5.01. The van der Waals surface area contributed by atoms with Crippen molar-refractivity contribution in [2.24, 2.45) is 5.92 Å². The third-order valence-electron chi connectivity index (χ3n) is 3.52.